The predicted octanol–water partition coefficient (Wildman–Crippen LogP) is -0.945. The van der Waals surface area contributed by atoms with Gasteiger partial charge in [-0.1, -0.05) is 11.8 Å². The van der Waals surface area contributed by atoms with E-state index in [-0.39, 0.29) is 16.8 Å². The summed E-state index contributed by atoms with van der Waals surface area (Å²) in [4.78, 5) is 3.85. The average molecular weight is 235 g/mol. The van der Waals surface area contributed by atoms with Crippen LogP contribution in [0, 0.1) is 0 Å². The van der Waals surface area contributed by atoms with Gasteiger partial charge in [0.1, 0.15) is 6.33 Å². The molecule has 1 aromatic rings. The fourth-order valence-electron chi connectivity index (χ4n) is 1.30. The molecule has 1 aromatic heterocycles. The van der Waals surface area contributed by atoms with E-state index in [1.54, 1.807) is 0 Å². The Labute approximate surface area is 85.0 Å². The molecule has 0 radical (unpaired) electrons. The molecule has 1 aliphatic heterocycles. The van der Waals surface area contributed by atoms with Crippen molar-refractivity contribution in [2.24, 2.45) is 0 Å². The normalized spacial score (nSPS) is 30.6. The van der Waals surface area contributed by atoms with E-state index in [4.69, 9.17) is 0 Å². The summed E-state index contributed by atoms with van der Waals surface area (Å²) in [6.07, 6.45) is 0.535. The van der Waals surface area contributed by atoms with Gasteiger partial charge < -0.3 is 5.11 Å². The van der Waals surface area contributed by atoms with E-state index in [0.717, 1.165) is 0 Å². The predicted molar refractivity (Wildman–Crippen MR) is 50.7 cm³/mol. The van der Waals surface area contributed by atoms with Crippen LogP contribution in [-0.4, -0.2) is 51.6 Å². The third-order valence-electron chi connectivity index (χ3n) is 1.93. The molecule has 0 saturated carbocycles. The zero-order chi connectivity index (χ0) is 10.2. The SMILES string of the molecule is O=S1(=O)CC(O)C(Sc2ncn[nH]2)C1. The number of aromatic amines is 1. The van der Waals surface area contributed by atoms with Crippen LogP contribution in [0.5, 0.6) is 0 Å². The summed E-state index contributed by atoms with van der Waals surface area (Å²) in [5, 5.41) is 15.9. The molecule has 2 heterocycles. The Balaban J connectivity index is 2.07. The van der Waals surface area contributed by atoms with Crippen molar-refractivity contribution < 1.29 is 13.5 Å². The molecule has 14 heavy (non-hydrogen) atoms. The molecule has 0 spiro atoms. The summed E-state index contributed by atoms with van der Waals surface area (Å²) in [7, 11) is -3.08. The van der Waals surface area contributed by atoms with Gasteiger partial charge in [0.15, 0.2) is 15.0 Å². The first-order valence-electron chi connectivity index (χ1n) is 3.97. The lowest BCUT2D eigenvalue weighted by molar-refractivity contribution is 0.207. The molecule has 1 saturated heterocycles. The molecule has 2 atom stereocenters. The first-order valence-corrected chi connectivity index (χ1v) is 6.67. The largest absolute Gasteiger partial charge is 0.391 e. The number of sulfone groups is 1. The van der Waals surface area contributed by atoms with E-state index >= 15 is 0 Å². The standard InChI is InChI=1S/C6H9N3O3S2/c10-4-1-14(11,12)2-5(4)13-6-7-3-8-9-6/h3-5,10H,1-2H2,(H,7,8,9). The lowest BCUT2D eigenvalue weighted by atomic mass is 10.3. The lowest BCUT2D eigenvalue weighted by Gasteiger charge is -2.08. The lowest BCUT2D eigenvalue weighted by Crippen LogP contribution is -2.20. The first kappa shape index (κ1) is 9.94. The van der Waals surface area contributed by atoms with E-state index in [0.29, 0.717) is 5.16 Å². The highest BCUT2D eigenvalue weighted by molar-refractivity contribution is 8.01. The van der Waals surface area contributed by atoms with Crippen LogP contribution < -0.4 is 0 Å². The van der Waals surface area contributed by atoms with Gasteiger partial charge in [-0.2, -0.15) is 5.10 Å². The van der Waals surface area contributed by atoms with Gasteiger partial charge in [0.25, 0.3) is 0 Å². The summed E-state index contributed by atoms with van der Waals surface area (Å²) < 4.78 is 22.3. The minimum atomic E-state index is -3.08. The van der Waals surface area contributed by atoms with Gasteiger partial charge in [-0.15, -0.1) is 0 Å². The number of aliphatic hydroxyl groups excluding tert-OH is 1. The Hall–Kier alpha value is -0.600. The molecular weight excluding hydrogens is 226 g/mol. The number of nitrogens with one attached hydrogen (secondary N) is 1. The molecule has 6 nitrogen and oxygen atoms in total. The van der Waals surface area contributed by atoms with Gasteiger partial charge in [-0.25, -0.2) is 13.4 Å². The Kier molecular flexibility index (Phi) is 2.50. The molecule has 2 rings (SSSR count). The minimum Gasteiger partial charge on any atom is -0.391 e. The van der Waals surface area contributed by atoms with Gasteiger partial charge in [0.05, 0.1) is 22.9 Å². The van der Waals surface area contributed by atoms with Crippen molar-refractivity contribution in [3.63, 3.8) is 0 Å². The summed E-state index contributed by atoms with van der Waals surface area (Å²) in [5.41, 5.74) is 0. The maximum absolute atomic E-state index is 11.2. The van der Waals surface area contributed by atoms with Crippen LogP contribution in [0.3, 0.4) is 0 Å². The van der Waals surface area contributed by atoms with E-state index in [1.165, 1.54) is 18.1 Å². The highest BCUT2D eigenvalue weighted by Gasteiger charge is 2.37. The summed E-state index contributed by atoms with van der Waals surface area (Å²) in [5.74, 6) is -0.154. The minimum absolute atomic E-state index is 0.000463. The molecule has 1 fully saturated rings. The maximum Gasteiger partial charge on any atom is 0.183 e. The zero-order valence-corrected chi connectivity index (χ0v) is 8.75. The van der Waals surface area contributed by atoms with Crippen LogP contribution in [-0.2, 0) is 9.84 Å². The van der Waals surface area contributed by atoms with Gasteiger partial charge in [-0.05, 0) is 0 Å². The third kappa shape index (κ3) is 2.07. The number of thioether (sulfide) groups is 1. The Morgan fingerprint density at radius 3 is 2.86 bits per heavy atom. The Morgan fingerprint density at radius 1 is 1.57 bits per heavy atom. The van der Waals surface area contributed by atoms with Crippen molar-refractivity contribution in [2.45, 2.75) is 16.5 Å². The summed E-state index contributed by atoms with van der Waals surface area (Å²) >= 11 is 1.21. The molecule has 8 heteroatoms. The molecule has 0 bridgehead atoms. The van der Waals surface area contributed by atoms with Crippen molar-refractivity contribution in [3.8, 4) is 0 Å². The van der Waals surface area contributed by atoms with Crippen molar-refractivity contribution in [1.82, 2.24) is 15.2 Å². The molecule has 0 amide bonds. The van der Waals surface area contributed by atoms with Crippen molar-refractivity contribution >= 4 is 21.6 Å². The Bertz CT molecular complexity index is 402. The highest BCUT2D eigenvalue weighted by atomic mass is 32.2. The molecule has 2 N–H and O–H groups in total. The van der Waals surface area contributed by atoms with Crippen LogP contribution in [0.4, 0.5) is 0 Å². The second-order valence-electron chi connectivity index (χ2n) is 3.09. The van der Waals surface area contributed by atoms with E-state index in [2.05, 4.69) is 15.2 Å². The number of hydrogen-bond donors (Lipinski definition) is 2. The monoisotopic (exact) mass is 235 g/mol. The van der Waals surface area contributed by atoms with Crippen LogP contribution in [0.2, 0.25) is 0 Å². The molecule has 78 valence electrons. The van der Waals surface area contributed by atoms with Crippen LogP contribution >= 0.6 is 11.8 Å². The van der Waals surface area contributed by atoms with Gasteiger partial charge in [-0.3, -0.25) is 5.10 Å². The fourth-order valence-corrected chi connectivity index (χ4v) is 4.68. The molecular formula is C6H9N3O3S2. The second-order valence-corrected chi connectivity index (χ2v) is 6.47. The van der Waals surface area contributed by atoms with Crippen molar-refractivity contribution in [3.05, 3.63) is 6.33 Å². The quantitative estimate of drug-likeness (QED) is 0.686. The van der Waals surface area contributed by atoms with Crippen LogP contribution in [0.15, 0.2) is 11.5 Å². The number of hydrogen-bond acceptors (Lipinski definition) is 6. The molecule has 0 aromatic carbocycles. The van der Waals surface area contributed by atoms with Crippen LogP contribution in [0.25, 0.3) is 0 Å². The molecule has 2 unspecified atom stereocenters. The summed E-state index contributed by atoms with van der Waals surface area (Å²) in [6.45, 7) is 0. The number of aromatic nitrogens is 3. The van der Waals surface area contributed by atoms with E-state index in [1.807, 2.05) is 0 Å². The van der Waals surface area contributed by atoms with Gasteiger partial charge >= 0.3 is 0 Å². The summed E-state index contributed by atoms with van der Waals surface area (Å²) in [6, 6.07) is 0. The first-order chi connectivity index (χ1) is 6.57. The topological polar surface area (TPSA) is 95.9 Å². The smallest absolute Gasteiger partial charge is 0.183 e. The number of rotatable bonds is 2. The number of aliphatic hydroxyl groups is 1. The van der Waals surface area contributed by atoms with E-state index in [9.17, 15) is 13.5 Å². The van der Waals surface area contributed by atoms with Crippen LogP contribution in [0.1, 0.15) is 0 Å². The maximum atomic E-state index is 11.2. The van der Waals surface area contributed by atoms with E-state index < -0.39 is 15.9 Å². The average Bonchev–Trinajstić information content (AvgIpc) is 2.61. The zero-order valence-electron chi connectivity index (χ0n) is 7.12. The number of H-pyrrole nitrogens is 1. The molecule has 1 aliphatic rings. The van der Waals surface area contributed by atoms with Gasteiger partial charge in [0, 0.05) is 0 Å². The fraction of sp³-hybridized carbons (Fsp3) is 0.667. The van der Waals surface area contributed by atoms with Crippen molar-refractivity contribution in [1.29, 1.82) is 0 Å². The second kappa shape index (κ2) is 3.52. The van der Waals surface area contributed by atoms with Gasteiger partial charge in [0.2, 0.25) is 0 Å². The molecule has 0 aliphatic carbocycles. The highest BCUT2D eigenvalue weighted by Crippen LogP contribution is 2.28. The van der Waals surface area contributed by atoms with Crippen molar-refractivity contribution in [2.75, 3.05) is 11.5 Å². The Morgan fingerprint density at radius 2 is 2.36 bits per heavy atom. The third-order valence-corrected chi connectivity index (χ3v) is 5.06. The number of nitrogens with zero attached hydrogens (tertiary/aromatic N) is 2.